The smallest absolute Gasteiger partial charge is 0.119 e. The summed E-state index contributed by atoms with van der Waals surface area (Å²) in [5.74, 6) is 2.70. The summed E-state index contributed by atoms with van der Waals surface area (Å²) in [7, 11) is 0. The van der Waals surface area contributed by atoms with E-state index < -0.39 is 0 Å². The van der Waals surface area contributed by atoms with Crippen molar-refractivity contribution in [3.8, 4) is 5.75 Å². The number of carbonyl (C=O) groups excluding carboxylic acids is 1. The van der Waals surface area contributed by atoms with Crippen LogP contribution in [0.15, 0.2) is 24.3 Å². The molecule has 0 atom stereocenters. The van der Waals surface area contributed by atoms with Gasteiger partial charge in [0.15, 0.2) is 0 Å². The van der Waals surface area contributed by atoms with Crippen LogP contribution in [-0.2, 0) is 4.79 Å². The molecule has 0 bridgehead atoms. The molecule has 0 aromatic heterocycles. The van der Waals surface area contributed by atoms with E-state index in [4.69, 9.17) is 4.74 Å². The molecule has 0 saturated heterocycles. The summed E-state index contributed by atoms with van der Waals surface area (Å²) < 4.78 is 5.79. The first-order valence-electron chi connectivity index (χ1n) is 9.50. The summed E-state index contributed by atoms with van der Waals surface area (Å²) in [6.07, 6.45) is 13.0. The molecule has 0 N–H and O–H groups in total. The van der Waals surface area contributed by atoms with Gasteiger partial charge in [-0.1, -0.05) is 31.9 Å². The van der Waals surface area contributed by atoms with Gasteiger partial charge >= 0.3 is 0 Å². The van der Waals surface area contributed by atoms with Crippen molar-refractivity contribution in [1.82, 2.24) is 0 Å². The molecule has 2 heteroatoms. The second kappa shape index (κ2) is 10.5. The van der Waals surface area contributed by atoms with Gasteiger partial charge in [-0.2, -0.15) is 0 Å². The highest BCUT2D eigenvalue weighted by atomic mass is 16.5. The monoisotopic (exact) mass is 316 g/mol. The van der Waals surface area contributed by atoms with Gasteiger partial charge in [0.05, 0.1) is 6.61 Å². The molecule has 2 rings (SSSR count). The maximum absolute atomic E-state index is 10.2. The molecule has 0 aliphatic heterocycles. The summed E-state index contributed by atoms with van der Waals surface area (Å²) in [6.45, 7) is 3.05. The maximum Gasteiger partial charge on any atom is 0.119 e. The van der Waals surface area contributed by atoms with E-state index in [0.29, 0.717) is 6.42 Å². The summed E-state index contributed by atoms with van der Waals surface area (Å²) in [5.41, 5.74) is 1.48. The summed E-state index contributed by atoms with van der Waals surface area (Å²) >= 11 is 0. The molecule has 0 spiro atoms. The average molecular weight is 316 g/mol. The number of rotatable bonds is 10. The number of ether oxygens (including phenoxy) is 1. The van der Waals surface area contributed by atoms with Crippen LogP contribution in [-0.4, -0.2) is 12.9 Å². The van der Waals surface area contributed by atoms with E-state index >= 15 is 0 Å². The lowest BCUT2D eigenvalue weighted by molar-refractivity contribution is -0.107. The number of benzene rings is 1. The van der Waals surface area contributed by atoms with Gasteiger partial charge in [0.25, 0.3) is 0 Å². The first-order valence-corrected chi connectivity index (χ1v) is 9.50. The highest BCUT2D eigenvalue weighted by Crippen LogP contribution is 2.37. The third kappa shape index (κ3) is 6.37. The van der Waals surface area contributed by atoms with Crippen LogP contribution in [0.4, 0.5) is 0 Å². The number of unbranched alkanes of at least 4 members (excludes halogenated alkanes) is 3. The minimum atomic E-state index is 0.676. The van der Waals surface area contributed by atoms with Crippen LogP contribution in [0.1, 0.15) is 82.6 Å². The lowest BCUT2D eigenvalue weighted by Crippen LogP contribution is -2.13. The normalized spacial score (nSPS) is 21.1. The van der Waals surface area contributed by atoms with Gasteiger partial charge in [0, 0.05) is 6.42 Å². The molecule has 128 valence electrons. The largest absolute Gasteiger partial charge is 0.494 e. The third-order valence-corrected chi connectivity index (χ3v) is 5.13. The highest BCUT2D eigenvalue weighted by Gasteiger charge is 2.21. The molecule has 1 aromatic carbocycles. The molecule has 0 unspecified atom stereocenters. The van der Waals surface area contributed by atoms with Crippen molar-refractivity contribution < 1.29 is 9.53 Å². The minimum Gasteiger partial charge on any atom is -0.494 e. The standard InChI is InChI=1S/C21H32O2/c1-2-7-18-8-10-19(11-9-18)20-12-14-21(15-13-20)23-17-6-4-3-5-16-22/h12-16,18-19H,2-11,17H2,1H3. The first kappa shape index (κ1) is 18.0. The molecule has 1 saturated carbocycles. The van der Waals surface area contributed by atoms with E-state index in [0.717, 1.165) is 49.7 Å². The number of aldehydes is 1. The van der Waals surface area contributed by atoms with E-state index in [-0.39, 0.29) is 0 Å². The Kier molecular flexibility index (Phi) is 8.20. The molecule has 0 heterocycles. The molecule has 23 heavy (non-hydrogen) atoms. The molecular formula is C21H32O2. The number of hydrogen-bond acceptors (Lipinski definition) is 2. The van der Waals surface area contributed by atoms with Gasteiger partial charge in [-0.05, 0) is 74.5 Å². The first-order chi connectivity index (χ1) is 11.3. The van der Waals surface area contributed by atoms with Gasteiger partial charge in [-0.15, -0.1) is 0 Å². The lowest BCUT2D eigenvalue weighted by atomic mass is 9.77. The topological polar surface area (TPSA) is 26.3 Å². The third-order valence-electron chi connectivity index (χ3n) is 5.13. The Morgan fingerprint density at radius 3 is 2.43 bits per heavy atom. The zero-order valence-electron chi connectivity index (χ0n) is 14.6. The van der Waals surface area contributed by atoms with Crippen molar-refractivity contribution in [2.75, 3.05) is 6.61 Å². The Morgan fingerprint density at radius 2 is 1.78 bits per heavy atom. The second-order valence-electron chi connectivity index (χ2n) is 6.94. The lowest BCUT2D eigenvalue weighted by Gasteiger charge is -2.28. The predicted molar refractivity (Wildman–Crippen MR) is 96.1 cm³/mol. The van der Waals surface area contributed by atoms with E-state index in [1.165, 1.54) is 44.1 Å². The summed E-state index contributed by atoms with van der Waals surface area (Å²) in [4.78, 5) is 10.2. The van der Waals surface area contributed by atoms with Crippen molar-refractivity contribution in [3.05, 3.63) is 29.8 Å². The van der Waals surface area contributed by atoms with Crippen LogP contribution in [0.5, 0.6) is 5.75 Å². The molecular weight excluding hydrogens is 284 g/mol. The molecule has 1 fully saturated rings. The average Bonchev–Trinajstić information content (AvgIpc) is 2.60. The van der Waals surface area contributed by atoms with Crippen LogP contribution in [0, 0.1) is 5.92 Å². The van der Waals surface area contributed by atoms with Crippen molar-refractivity contribution in [3.63, 3.8) is 0 Å². The highest BCUT2D eigenvalue weighted by molar-refractivity contribution is 5.48. The van der Waals surface area contributed by atoms with Crippen molar-refractivity contribution >= 4 is 6.29 Å². The van der Waals surface area contributed by atoms with Gasteiger partial charge < -0.3 is 9.53 Å². The van der Waals surface area contributed by atoms with E-state index in [9.17, 15) is 4.79 Å². The fraction of sp³-hybridized carbons (Fsp3) is 0.667. The van der Waals surface area contributed by atoms with Crippen LogP contribution in [0.25, 0.3) is 0 Å². The fourth-order valence-electron chi connectivity index (χ4n) is 3.73. The molecule has 0 radical (unpaired) electrons. The summed E-state index contributed by atoms with van der Waals surface area (Å²) in [5, 5.41) is 0. The number of hydrogen-bond donors (Lipinski definition) is 0. The quantitative estimate of drug-likeness (QED) is 0.397. The number of carbonyl (C=O) groups is 1. The van der Waals surface area contributed by atoms with E-state index in [1.807, 2.05) is 0 Å². The molecule has 1 aliphatic carbocycles. The van der Waals surface area contributed by atoms with Crippen molar-refractivity contribution in [1.29, 1.82) is 0 Å². The fourth-order valence-corrected chi connectivity index (χ4v) is 3.73. The van der Waals surface area contributed by atoms with Gasteiger partial charge in [-0.25, -0.2) is 0 Å². The SMILES string of the molecule is CCCC1CCC(c2ccc(OCCCCCC=O)cc2)CC1. The van der Waals surface area contributed by atoms with Crippen molar-refractivity contribution in [2.45, 2.75) is 77.0 Å². The van der Waals surface area contributed by atoms with Gasteiger partial charge in [0.1, 0.15) is 12.0 Å². The van der Waals surface area contributed by atoms with Gasteiger partial charge in [0.2, 0.25) is 0 Å². The Morgan fingerprint density at radius 1 is 1.04 bits per heavy atom. The van der Waals surface area contributed by atoms with Crippen LogP contribution < -0.4 is 4.74 Å². The Bertz CT molecular complexity index is 430. The summed E-state index contributed by atoms with van der Waals surface area (Å²) in [6, 6.07) is 8.76. The van der Waals surface area contributed by atoms with Crippen LogP contribution >= 0.6 is 0 Å². The zero-order valence-corrected chi connectivity index (χ0v) is 14.6. The van der Waals surface area contributed by atoms with Crippen LogP contribution in [0.2, 0.25) is 0 Å². The molecule has 1 aromatic rings. The Hall–Kier alpha value is -1.31. The Labute approximate surface area is 141 Å². The predicted octanol–water partition coefficient (Wildman–Crippen LogP) is 5.90. The van der Waals surface area contributed by atoms with Crippen LogP contribution in [0.3, 0.4) is 0 Å². The minimum absolute atomic E-state index is 0.676. The molecule has 2 nitrogen and oxygen atoms in total. The Balaban J connectivity index is 1.69. The van der Waals surface area contributed by atoms with E-state index in [1.54, 1.807) is 0 Å². The van der Waals surface area contributed by atoms with E-state index in [2.05, 4.69) is 31.2 Å². The molecule has 0 amide bonds. The molecule has 1 aliphatic rings. The van der Waals surface area contributed by atoms with Gasteiger partial charge in [-0.3, -0.25) is 0 Å². The zero-order chi connectivity index (χ0) is 16.3. The van der Waals surface area contributed by atoms with Crippen molar-refractivity contribution in [2.24, 2.45) is 5.92 Å². The maximum atomic E-state index is 10.2. The second-order valence-corrected chi connectivity index (χ2v) is 6.94.